The molecule has 0 fully saturated rings. The van der Waals surface area contributed by atoms with E-state index in [4.69, 9.17) is 28.9 Å². The minimum Gasteiger partial charge on any atom is -0.329 e. The fraction of sp³-hybridized carbons (Fsp3) is 0.231. The zero-order chi connectivity index (χ0) is 12.4. The predicted octanol–water partition coefficient (Wildman–Crippen LogP) is 4.45. The zero-order valence-corrected chi connectivity index (χ0v) is 11.7. The van der Waals surface area contributed by atoms with Gasteiger partial charge in [-0.1, -0.05) is 29.3 Å². The minimum absolute atomic E-state index is 0.198. The molecule has 90 valence electrons. The summed E-state index contributed by atoms with van der Waals surface area (Å²) in [6.45, 7) is 2.66. The SMILES string of the molecule is Cc1ccc(C(CN)c2ccc(Cl)c(Cl)c2)s1. The molecule has 1 aromatic carbocycles. The van der Waals surface area contributed by atoms with Crippen LogP contribution in [-0.2, 0) is 0 Å². The molecule has 0 radical (unpaired) electrons. The maximum atomic E-state index is 6.04. The number of aryl methyl sites for hydroxylation is 1. The van der Waals surface area contributed by atoms with Crippen molar-refractivity contribution in [2.24, 2.45) is 5.73 Å². The Labute approximate surface area is 115 Å². The first kappa shape index (κ1) is 12.9. The van der Waals surface area contributed by atoms with Crippen molar-refractivity contribution in [3.63, 3.8) is 0 Å². The number of thiophene rings is 1. The van der Waals surface area contributed by atoms with Crippen molar-refractivity contribution in [2.45, 2.75) is 12.8 Å². The van der Waals surface area contributed by atoms with Gasteiger partial charge in [0.1, 0.15) is 0 Å². The van der Waals surface area contributed by atoms with Crippen molar-refractivity contribution in [1.29, 1.82) is 0 Å². The highest BCUT2D eigenvalue weighted by Gasteiger charge is 2.15. The predicted molar refractivity (Wildman–Crippen MR) is 76.4 cm³/mol. The van der Waals surface area contributed by atoms with Gasteiger partial charge in [0.15, 0.2) is 0 Å². The summed E-state index contributed by atoms with van der Waals surface area (Å²) in [6, 6.07) is 9.94. The van der Waals surface area contributed by atoms with E-state index in [0.717, 1.165) is 5.56 Å². The van der Waals surface area contributed by atoms with Gasteiger partial charge in [-0.05, 0) is 36.8 Å². The van der Waals surface area contributed by atoms with Crippen LogP contribution >= 0.6 is 34.5 Å². The van der Waals surface area contributed by atoms with Crippen LogP contribution in [0, 0.1) is 6.92 Å². The van der Waals surface area contributed by atoms with Gasteiger partial charge < -0.3 is 5.73 Å². The zero-order valence-electron chi connectivity index (χ0n) is 9.41. The topological polar surface area (TPSA) is 26.0 Å². The van der Waals surface area contributed by atoms with E-state index in [0.29, 0.717) is 16.6 Å². The van der Waals surface area contributed by atoms with Gasteiger partial charge in [-0.25, -0.2) is 0 Å². The average Bonchev–Trinajstić information content (AvgIpc) is 2.71. The Morgan fingerprint density at radius 1 is 1.18 bits per heavy atom. The Morgan fingerprint density at radius 2 is 1.94 bits per heavy atom. The second-order valence-electron chi connectivity index (χ2n) is 3.91. The van der Waals surface area contributed by atoms with Crippen LogP contribution in [0.4, 0.5) is 0 Å². The lowest BCUT2D eigenvalue weighted by Gasteiger charge is -2.14. The number of halogens is 2. The third-order valence-electron chi connectivity index (χ3n) is 2.69. The lowest BCUT2D eigenvalue weighted by Crippen LogP contribution is -2.12. The molecule has 2 N–H and O–H groups in total. The fourth-order valence-electron chi connectivity index (χ4n) is 1.79. The molecule has 1 unspecified atom stereocenters. The normalized spacial score (nSPS) is 12.7. The van der Waals surface area contributed by atoms with E-state index in [1.165, 1.54) is 9.75 Å². The second kappa shape index (κ2) is 5.40. The number of nitrogens with two attached hydrogens (primary N) is 1. The van der Waals surface area contributed by atoms with E-state index in [2.05, 4.69) is 19.1 Å². The van der Waals surface area contributed by atoms with E-state index in [1.807, 2.05) is 18.2 Å². The van der Waals surface area contributed by atoms with Crippen LogP contribution in [0.3, 0.4) is 0 Å². The van der Waals surface area contributed by atoms with Crippen LogP contribution in [0.2, 0.25) is 10.0 Å². The van der Waals surface area contributed by atoms with Crippen LogP contribution < -0.4 is 5.73 Å². The number of benzene rings is 1. The van der Waals surface area contributed by atoms with Crippen molar-refractivity contribution < 1.29 is 0 Å². The van der Waals surface area contributed by atoms with Gasteiger partial charge >= 0.3 is 0 Å². The molecule has 1 aromatic heterocycles. The summed E-state index contributed by atoms with van der Waals surface area (Å²) in [4.78, 5) is 2.56. The monoisotopic (exact) mass is 285 g/mol. The van der Waals surface area contributed by atoms with Crippen LogP contribution in [0.5, 0.6) is 0 Å². The molecule has 0 aliphatic carbocycles. The van der Waals surface area contributed by atoms with Crippen molar-refractivity contribution in [3.8, 4) is 0 Å². The molecule has 0 saturated heterocycles. The summed E-state index contributed by atoms with van der Waals surface area (Å²) in [5.74, 6) is 0.198. The van der Waals surface area contributed by atoms with Gasteiger partial charge in [0.05, 0.1) is 10.0 Å². The van der Waals surface area contributed by atoms with Gasteiger partial charge in [0.25, 0.3) is 0 Å². The van der Waals surface area contributed by atoms with Crippen LogP contribution in [0.25, 0.3) is 0 Å². The molecule has 0 aliphatic heterocycles. The first-order chi connectivity index (χ1) is 8.11. The summed E-state index contributed by atoms with van der Waals surface area (Å²) in [5, 5.41) is 1.16. The molecule has 1 heterocycles. The Kier molecular flexibility index (Phi) is 4.10. The van der Waals surface area contributed by atoms with Crippen LogP contribution in [0.15, 0.2) is 30.3 Å². The molecule has 1 atom stereocenters. The van der Waals surface area contributed by atoms with Crippen molar-refractivity contribution in [1.82, 2.24) is 0 Å². The van der Waals surface area contributed by atoms with Crippen molar-refractivity contribution in [3.05, 3.63) is 55.7 Å². The minimum atomic E-state index is 0.198. The molecule has 0 aliphatic rings. The lowest BCUT2D eigenvalue weighted by molar-refractivity contribution is 0.836. The quantitative estimate of drug-likeness (QED) is 0.886. The van der Waals surface area contributed by atoms with E-state index >= 15 is 0 Å². The van der Waals surface area contributed by atoms with Crippen molar-refractivity contribution in [2.75, 3.05) is 6.54 Å². The Bertz CT molecular complexity index is 522. The van der Waals surface area contributed by atoms with Gasteiger partial charge in [-0.3, -0.25) is 0 Å². The maximum Gasteiger partial charge on any atom is 0.0595 e. The molecule has 0 saturated carbocycles. The summed E-state index contributed by atoms with van der Waals surface area (Å²) >= 11 is 13.7. The molecule has 1 nitrogen and oxygen atoms in total. The molecule has 2 rings (SSSR count). The smallest absolute Gasteiger partial charge is 0.0595 e. The molecular weight excluding hydrogens is 273 g/mol. The third kappa shape index (κ3) is 2.83. The first-order valence-corrected chi connectivity index (χ1v) is 6.90. The maximum absolute atomic E-state index is 6.04. The lowest BCUT2D eigenvalue weighted by atomic mass is 9.98. The number of hydrogen-bond acceptors (Lipinski definition) is 2. The largest absolute Gasteiger partial charge is 0.329 e. The van der Waals surface area contributed by atoms with Gasteiger partial charge in [-0.2, -0.15) is 0 Å². The van der Waals surface area contributed by atoms with E-state index in [9.17, 15) is 0 Å². The van der Waals surface area contributed by atoms with E-state index in [-0.39, 0.29) is 5.92 Å². The molecule has 4 heteroatoms. The Morgan fingerprint density at radius 3 is 2.47 bits per heavy atom. The number of hydrogen-bond donors (Lipinski definition) is 1. The average molecular weight is 286 g/mol. The van der Waals surface area contributed by atoms with Crippen LogP contribution in [-0.4, -0.2) is 6.54 Å². The molecule has 0 bridgehead atoms. The van der Waals surface area contributed by atoms with E-state index < -0.39 is 0 Å². The standard InChI is InChI=1S/C13H13Cl2NS/c1-8-2-5-13(17-8)10(7-16)9-3-4-11(14)12(15)6-9/h2-6,10H,7,16H2,1H3. The Hall–Kier alpha value is -0.540. The van der Waals surface area contributed by atoms with Crippen LogP contribution in [0.1, 0.15) is 21.2 Å². The summed E-state index contributed by atoms with van der Waals surface area (Å²) in [7, 11) is 0. The van der Waals surface area contributed by atoms with Gasteiger partial charge in [0.2, 0.25) is 0 Å². The third-order valence-corrected chi connectivity index (χ3v) is 4.54. The molecule has 0 amide bonds. The van der Waals surface area contributed by atoms with Gasteiger partial charge in [0, 0.05) is 22.2 Å². The summed E-state index contributed by atoms with van der Waals surface area (Å²) < 4.78 is 0. The fourth-order valence-corrected chi connectivity index (χ4v) is 3.11. The molecular formula is C13H13Cl2NS. The number of rotatable bonds is 3. The van der Waals surface area contributed by atoms with Crippen molar-refractivity contribution >= 4 is 34.5 Å². The summed E-state index contributed by atoms with van der Waals surface area (Å²) in [6.07, 6.45) is 0. The molecule has 0 spiro atoms. The highest BCUT2D eigenvalue weighted by atomic mass is 35.5. The molecule has 17 heavy (non-hydrogen) atoms. The Balaban J connectivity index is 2.38. The molecule has 2 aromatic rings. The summed E-state index contributed by atoms with van der Waals surface area (Å²) in [5.41, 5.74) is 6.98. The highest BCUT2D eigenvalue weighted by Crippen LogP contribution is 2.32. The highest BCUT2D eigenvalue weighted by molar-refractivity contribution is 7.12. The van der Waals surface area contributed by atoms with E-state index in [1.54, 1.807) is 11.3 Å². The van der Waals surface area contributed by atoms with Gasteiger partial charge in [-0.15, -0.1) is 11.3 Å². The second-order valence-corrected chi connectivity index (χ2v) is 6.04. The first-order valence-electron chi connectivity index (χ1n) is 5.33.